The monoisotopic (exact) mass is 331 g/mol. The molecule has 0 aliphatic heterocycles. The summed E-state index contributed by atoms with van der Waals surface area (Å²) < 4.78 is 0. The van der Waals surface area contributed by atoms with E-state index in [1.165, 1.54) is 44.1 Å². The summed E-state index contributed by atoms with van der Waals surface area (Å²) >= 11 is 0. The Hall–Kier alpha value is -2.09. The summed E-state index contributed by atoms with van der Waals surface area (Å²) in [5.41, 5.74) is 3.22. The van der Waals surface area contributed by atoms with E-state index in [2.05, 4.69) is 29.6 Å². The molecule has 25 heavy (non-hydrogen) atoms. The first kappa shape index (κ1) is 15.2. The first-order chi connectivity index (χ1) is 12.2. The lowest BCUT2D eigenvalue weighted by atomic mass is 9.53. The Kier molecular flexibility index (Phi) is 3.48. The summed E-state index contributed by atoms with van der Waals surface area (Å²) in [4.78, 5) is 12.9. The first-order valence-corrected chi connectivity index (χ1v) is 9.67. The maximum atomic E-state index is 12.9. The van der Waals surface area contributed by atoms with E-state index in [0.717, 1.165) is 28.9 Å². The van der Waals surface area contributed by atoms with Crippen molar-refractivity contribution < 1.29 is 4.79 Å². The molecule has 0 unspecified atom stereocenters. The highest BCUT2D eigenvalue weighted by atomic mass is 16.1. The number of hydrogen-bond donors (Lipinski definition) is 1. The summed E-state index contributed by atoms with van der Waals surface area (Å²) in [5, 5.41) is 3.46. The van der Waals surface area contributed by atoms with Crippen LogP contribution in [0.25, 0.3) is 11.1 Å². The molecule has 4 aliphatic rings. The van der Waals surface area contributed by atoms with E-state index in [1.54, 1.807) is 0 Å². The average Bonchev–Trinajstić information content (AvgIpc) is 2.61. The van der Waals surface area contributed by atoms with Gasteiger partial charge in [-0.2, -0.15) is 0 Å². The van der Waals surface area contributed by atoms with E-state index in [9.17, 15) is 4.79 Å². The molecule has 0 spiro atoms. The van der Waals surface area contributed by atoms with Crippen molar-refractivity contribution in [2.45, 2.75) is 44.1 Å². The van der Waals surface area contributed by atoms with Gasteiger partial charge in [0.25, 0.3) is 5.91 Å². The molecule has 0 atom stereocenters. The number of carbonyl (C=O) groups excluding carboxylic acids is 1. The third-order valence-corrected chi connectivity index (χ3v) is 6.67. The van der Waals surface area contributed by atoms with E-state index in [4.69, 9.17) is 0 Å². The molecule has 0 saturated heterocycles. The fraction of sp³-hybridized carbons (Fsp3) is 0.435. The van der Waals surface area contributed by atoms with Crippen molar-refractivity contribution in [1.82, 2.24) is 5.32 Å². The molecular formula is C23H25NO. The van der Waals surface area contributed by atoms with Crippen molar-refractivity contribution in [3.63, 3.8) is 0 Å². The van der Waals surface area contributed by atoms with Gasteiger partial charge in [-0.3, -0.25) is 4.79 Å². The number of carbonyl (C=O) groups is 1. The molecule has 2 aromatic carbocycles. The van der Waals surface area contributed by atoms with Crippen LogP contribution >= 0.6 is 0 Å². The van der Waals surface area contributed by atoms with Crippen LogP contribution in [0, 0.1) is 17.8 Å². The molecular weight excluding hydrogens is 306 g/mol. The molecule has 4 aliphatic carbocycles. The van der Waals surface area contributed by atoms with Crippen LogP contribution in [0.1, 0.15) is 48.9 Å². The lowest BCUT2D eigenvalue weighted by Crippen LogP contribution is -2.59. The summed E-state index contributed by atoms with van der Waals surface area (Å²) in [5.74, 6) is 2.67. The van der Waals surface area contributed by atoms with Crippen LogP contribution in [0.5, 0.6) is 0 Å². The maximum Gasteiger partial charge on any atom is 0.251 e. The smallest absolute Gasteiger partial charge is 0.251 e. The van der Waals surface area contributed by atoms with Gasteiger partial charge in [0.2, 0.25) is 0 Å². The molecule has 128 valence electrons. The predicted molar refractivity (Wildman–Crippen MR) is 100 cm³/mol. The SMILES string of the molecule is O=C(NC12CC3CC(CC(C3)C1)C2)c1ccc(-c2ccccc2)cc1. The fourth-order valence-electron chi connectivity index (χ4n) is 6.02. The van der Waals surface area contributed by atoms with Gasteiger partial charge in [-0.25, -0.2) is 0 Å². The minimum absolute atomic E-state index is 0.0872. The van der Waals surface area contributed by atoms with Crippen molar-refractivity contribution >= 4 is 5.91 Å². The molecule has 6 rings (SSSR count). The van der Waals surface area contributed by atoms with Crippen molar-refractivity contribution in [2.75, 3.05) is 0 Å². The number of nitrogens with one attached hydrogen (secondary N) is 1. The normalized spacial score (nSPS) is 32.6. The highest BCUT2D eigenvalue weighted by Crippen LogP contribution is 2.55. The van der Waals surface area contributed by atoms with Crippen molar-refractivity contribution in [3.05, 3.63) is 60.2 Å². The third-order valence-electron chi connectivity index (χ3n) is 6.67. The molecule has 2 nitrogen and oxygen atoms in total. The van der Waals surface area contributed by atoms with Gasteiger partial charge in [0.1, 0.15) is 0 Å². The molecule has 0 aromatic heterocycles. The van der Waals surface area contributed by atoms with Crippen LogP contribution in [0.4, 0.5) is 0 Å². The van der Waals surface area contributed by atoms with Crippen molar-refractivity contribution in [3.8, 4) is 11.1 Å². The van der Waals surface area contributed by atoms with E-state index in [-0.39, 0.29) is 11.4 Å². The Balaban J connectivity index is 1.33. The van der Waals surface area contributed by atoms with E-state index < -0.39 is 0 Å². The molecule has 4 bridgehead atoms. The van der Waals surface area contributed by atoms with Gasteiger partial charge in [0.15, 0.2) is 0 Å². The zero-order valence-corrected chi connectivity index (χ0v) is 14.6. The number of benzene rings is 2. The molecule has 2 aromatic rings. The Morgan fingerprint density at radius 2 is 1.28 bits per heavy atom. The Morgan fingerprint density at radius 1 is 0.760 bits per heavy atom. The quantitative estimate of drug-likeness (QED) is 0.837. The second-order valence-electron chi connectivity index (χ2n) is 8.60. The topological polar surface area (TPSA) is 29.1 Å². The van der Waals surface area contributed by atoms with Gasteiger partial charge in [-0.1, -0.05) is 42.5 Å². The second-order valence-corrected chi connectivity index (χ2v) is 8.60. The molecule has 1 N–H and O–H groups in total. The van der Waals surface area contributed by atoms with Crippen LogP contribution in [0.3, 0.4) is 0 Å². The van der Waals surface area contributed by atoms with Gasteiger partial charge in [-0.15, -0.1) is 0 Å². The molecule has 4 saturated carbocycles. The van der Waals surface area contributed by atoms with Gasteiger partial charge in [0.05, 0.1) is 0 Å². The van der Waals surface area contributed by atoms with Crippen LogP contribution in [0.2, 0.25) is 0 Å². The van der Waals surface area contributed by atoms with E-state index in [1.807, 2.05) is 30.3 Å². The largest absolute Gasteiger partial charge is 0.347 e. The summed E-state index contributed by atoms with van der Waals surface area (Å²) in [7, 11) is 0. The highest BCUT2D eigenvalue weighted by Gasteiger charge is 2.51. The van der Waals surface area contributed by atoms with Crippen molar-refractivity contribution in [1.29, 1.82) is 0 Å². The van der Waals surface area contributed by atoms with E-state index >= 15 is 0 Å². The molecule has 2 heteroatoms. The standard InChI is InChI=1S/C23H25NO/c25-22(21-8-6-20(7-9-21)19-4-2-1-3-5-19)24-23-13-16-10-17(14-23)12-18(11-16)15-23/h1-9,16-18H,10-15H2,(H,24,25). The zero-order chi connectivity index (χ0) is 16.9. The number of amides is 1. The highest BCUT2D eigenvalue weighted by molar-refractivity contribution is 5.95. The lowest BCUT2D eigenvalue weighted by molar-refractivity contribution is -0.0167. The lowest BCUT2D eigenvalue weighted by Gasteiger charge is -2.56. The van der Waals surface area contributed by atoms with Crippen LogP contribution < -0.4 is 5.32 Å². The number of rotatable bonds is 3. The summed E-state index contributed by atoms with van der Waals surface area (Å²) in [6.07, 6.45) is 7.81. The third kappa shape index (κ3) is 2.78. The maximum absolute atomic E-state index is 12.9. The Bertz CT molecular complexity index is 742. The van der Waals surface area contributed by atoms with Crippen LogP contribution in [-0.4, -0.2) is 11.4 Å². The van der Waals surface area contributed by atoms with Gasteiger partial charge < -0.3 is 5.32 Å². The van der Waals surface area contributed by atoms with Crippen LogP contribution in [0.15, 0.2) is 54.6 Å². The summed E-state index contributed by atoms with van der Waals surface area (Å²) in [6.45, 7) is 0. The fourth-order valence-corrected chi connectivity index (χ4v) is 6.02. The Morgan fingerprint density at radius 3 is 1.84 bits per heavy atom. The summed E-state index contributed by atoms with van der Waals surface area (Å²) in [6, 6.07) is 18.4. The molecule has 0 heterocycles. The Labute approximate surface area is 149 Å². The van der Waals surface area contributed by atoms with Gasteiger partial charge in [0, 0.05) is 11.1 Å². The molecule has 0 radical (unpaired) electrons. The zero-order valence-electron chi connectivity index (χ0n) is 14.6. The van der Waals surface area contributed by atoms with E-state index in [0.29, 0.717) is 0 Å². The second kappa shape index (κ2) is 5.72. The van der Waals surface area contributed by atoms with Gasteiger partial charge in [-0.05, 0) is 79.5 Å². The minimum Gasteiger partial charge on any atom is -0.347 e. The van der Waals surface area contributed by atoms with Gasteiger partial charge >= 0.3 is 0 Å². The molecule has 4 fully saturated rings. The first-order valence-electron chi connectivity index (χ1n) is 9.67. The van der Waals surface area contributed by atoms with Crippen LogP contribution in [-0.2, 0) is 0 Å². The number of hydrogen-bond acceptors (Lipinski definition) is 1. The van der Waals surface area contributed by atoms with Crippen molar-refractivity contribution in [2.24, 2.45) is 17.8 Å². The average molecular weight is 331 g/mol. The predicted octanol–water partition coefficient (Wildman–Crippen LogP) is 5.05. The molecule has 1 amide bonds. The minimum atomic E-state index is 0.0872.